The molecule has 0 saturated heterocycles. The molecule has 4 aromatic rings. The van der Waals surface area contributed by atoms with Gasteiger partial charge in [-0.15, -0.1) is 0 Å². The molecule has 35 heavy (non-hydrogen) atoms. The molecule has 172 valence electrons. The summed E-state index contributed by atoms with van der Waals surface area (Å²) in [6, 6.07) is 27.3. The van der Waals surface area contributed by atoms with Gasteiger partial charge in [-0.3, -0.25) is 14.9 Å². The smallest absolute Gasteiger partial charge is 0.269 e. The predicted octanol–water partition coefficient (Wildman–Crippen LogP) is 6.18. The molecule has 4 rings (SSSR count). The zero-order valence-electron chi connectivity index (χ0n) is 18.9. The van der Waals surface area contributed by atoms with Crippen molar-refractivity contribution < 1.29 is 14.5 Å². The maximum absolute atomic E-state index is 12.6. The van der Waals surface area contributed by atoms with Crippen LogP contribution in [0.2, 0.25) is 0 Å². The van der Waals surface area contributed by atoms with Gasteiger partial charge in [0.25, 0.3) is 11.6 Å². The number of hydrogen-bond donors (Lipinski definition) is 1. The van der Waals surface area contributed by atoms with Gasteiger partial charge in [-0.25, -0.2) is 0 Å². The van der Waals surface area contributed by atoms with Crippen LogP contribution < -0.4 is 10.1 Å². The molecule has 7 nitrogen and oxygen atoms in total. The minimum Gasteiger partial charge on any atom is -0.489 e. The minimum absolute atomic E-state index is 0.0701. The Morgan fingerprint density at radius 1 is 1.06 bits per heavy atom. The van der Waals surface area contributed by atoms with Crippen LogP contribution in [0.4, 0.5) is 11.4 Å². The highest BCUT2D eigenvalue weighted by Crippen LogP contribution is 2.23. The number of carbonyl (C=O) groups is 1. The molecule has 7 heteroatoms. The molecule has 0 saturated carbocycles. The first-order chi connectivity index (χ1) is 16.9. The van der Waals surface area contributed by atoms with Crippen LogP contribution in [-0.4, -0.2) is 10.8 Å². The molecule has 0 aliphatic heterocycles. The topological polar surface area (TPSA) is 105 Å². The molecule has 0 atom stereocenters. The van der Waals surface area contributed by atoms with Crippen LogP contribution in [0, 0.1) is 28.4 Å². The Balaban J connectivity index is 1.43. The second-order valence-corrected chi connectivity index (χ2v) is 7.88. The average molecular weight is 463 g/mol. The highest BCUT2D eigenvalue weighted by molar-refractivity contribution is 6.10. The normalized spacial score (nSPS) is 11.0. The summed E-state index contributed by atoms with van der Waals surface area (Å²) in [5.41, 5.74) is 2.51. The van der Waals surface area contributed by atoms with E-state index < -0.39 is 10.8 Å². The fourth-order valence-electron chi connectivity index (χ4n) is 3.65. The van der Waals surface area contributed by atoms with Crippen molar-refractivity contribution in [3.05, 3.63) is 117 Å². The van der Waals surface area contributed by atoms with Gasteiger partial charge in [0, 0.05) is 17.8 Å². The van der Waals surface area contributed by atoms with Crippen LogP contribution in [0.25, 0.3) is 16.8 Å². The lowest BCUT2D eigenvalue weighted by atomic mass is 10.1. The Hall–Kier alpha value is -4.96. The second kappa shape index (κ2) is 10.3. The van der Waals surface area contributed by atoms with Crippen LogP contribution in [0.1, 0.15) is 16.7 Å². The number of carbonyl (C=O) groups excluding carboxylic acids is 1. The van der Waals surface area contributed by atoms with E-state index in [-0.39, 0.29) is 11.3 Å². The van der Waals surface area contributed by atoms with Crippen molar-refractivity contribution in [3.63, 3.8) is 0 Å². The third-order valence-corrected chi connectivity index (χ3v) is 5.50. The Bertz CT molecular complexity index is 1480. The van der Waals surface area contributed by atoms with Crippen molar-refractivity contribution >= 4 is 34.1 Å². The van der Waals surface area contributed by atoms with E-state index in [9.17, 15) is 20.2 Å². The number of nitro groups is 1. The first-order valence-electron chi connectivity index (χ1n) is 10.8. The van der Waals surface area contributed by atoms with Gasteiger partial charge in [-0.05, 0) is 58.7 Å². The summed E-state index contributed by atoms with van der Waals surface area (Å²) in [4.78, 5) is 23.0. The maximum atomic E-state index is 12.6. The van der Waals surface area contributed by atoms with Crippen LogP contribution in [0.5, 0.6) is 5.75 Å². The van der Waals surface area contributed by atoms with Crippen molar-refractivity contribution in [3.8, 4) is 11.8 Å². The van der Waals surface area contributed by atoms with E-state index in [4.69, 9.17) is 4.74 Å². The zero-order chi connectivity index (χ0) is 24.8. The van der Waals surface area contributed by atoms with Crippen LogP contribution in [0.15, 0.2) is 90.5 Å². The standard InChI is InChI=1S/C28H21N3O4/c1-19-15-24(31(33)34)11-14-27(19)30-28(32)23(17-29)16-20-9-12-25(13-10-20)35-18-22-7-4-6-21-5-2-3-8-26(21)22/h2-16H,18H2,1H3,(H,30,32)/b23-16+. The molecule has 1 N–H and O–H groups in total. The van der Waals surface area contributed by atoms with Crippen molar-refractivity contribution in [2.75, 3.05) is 5.32 Å². The first-order valence-corrected chi connectivity index (χ1v) is 10.8. The second-order valence-electron chi connectivity index (χ2n) is 7.88. The van der Waals surface area contributed by atoms with E-state index in [1.807, 2.05) is 30.3 Å². The number of hydrogen-bond acceptors (Lipinski definition) is 5. The number of nitrogens with zero attached hydrogens (tertiary/aromatic N) is 2. The predicted molar refractivity (Wildman–Crippen MR) is 135 cm³/mol. The van der Waals surface area contributed by atoms with E-state index in [0.29, 0.717) is 29.2 Å². The number of aryl methyl sites for hydroxylation is 1. The summed E-state index contributed by atoms with van der Waals surface area (Å²) < 4.78 is 5.94. The van der Waals surface area contributed by atoms with Gasteiger partial charge in [-0.1, -0.05) is 54.6 Å². The summed E-state index contributed by atoms with van der Waals surface area (Å²) in [7, 11) is 0. The third kappa shape index (κ3) is 5.52. The zero-order valence-corrected chi connectivity index (χ0v) is 18.9. The molecular weight excluding hydrogens is 442 g/mol. The third-order valence-electron chi connectivity index (χ3n) is 5.50. The lowest BCUT2D eigenvalue weighted by Gasteiger charge is -2.10. The Morgan fingerprint density at radius 2 is 1.80 bits per heavy atom. The number of nitriles is 1. The van der Waals surface area contributed by atoms with E-state index in [2.05, 4.69) is 23.5 Å². The molecule has 0 aliphatic carbocycles. The maximum Gasteiger partial charge on any atom is 0.269 e. The number of benzene rings is 4. The fraction of sp³-hybridized carbons (Fsp3) is 0.0714. The highest BCUT2D eigenvalue weighted by atomic mass is 16.6. The van der Waals surface area contributed by atoms with Crippen molar-refractivity contribution in [1.29, 1.82) is 5.26 Å². The fourth-order valence-corrected chi connectivity index (χ4v) is 3.65. The van der Waals surface area contributed by atoms with Crippen molar-refractivity contribution in [1.82, 2.24) is 0 Å². The molecular formula is C28H21N3O4. The van der Waals surface area contributed by atoms with E-state index in [0.717, 1.165) is 16.3 Å². The van der Waals surface area contributed by atoms with Crippen LogP contribution in [0.3, 0.4) is 0 Å². The molecule has 1 amide bonds. The Kier molecular flexibility index (Phi) is 6.84. The Morgan fingerprint density at radius 3 is 2.51 bits per heavy atom. The van der Waals surface area contributed by atoms with Gasteiger partial charge in [0.1, 0.15) is 24.0 Å². The highest BCUT2D eigenvalue weighted by Gasteiger charge is 2.13. The SMILES string of the molecule is Cc1cc([N+](=O)[O-])ccc1NC(=O)/C(C#N)=C/c1ccc(OCc2cccc3ccccc23)cc1. The van der Waals surface area contributed by atoms with Crippen molar-refractivity contribution in [2.24, 2.45) is 0 Å². The quantitative estimate of drug-likeness (QED) is 0.152. The summed E-state index contributed by atoms with van der Waals surface area (Å²) in [6.07, 6.45) is 1.48. The number of rotatable bonds is 7. The van der Waals surface area contributed by atoms with Gasteiger partial charge >= 0.3 is 0 Å². The minimum atomic E-state index is -0.597. The summed E-state index contributed by atoms with van der Waals surface area (Å²) in [5, 5.41) is 25.3. The van der Waals surface area contributed by atoms with E-state index >= 15 is 0 Å². The number of anilines is 1. The number of fused-ring (bicyclic) bond motifs is 1. The van der Waals surface area contributed by atoms with E-state index in [1.165, 1.54) is 24.3 Å². The molecule has 0 bridgehead atoms. The number of ether oxygens (including phenoxy) is 1. The van der Waals surface area contributed by atoms with E-state index in [1.54, 1.807) is 31.2 Å². The number of non-ortho nitro benzene ring substituents is 1. The molecule has 0 fully saturated rings. The molecule has 0 aromatic heterocycles. The lowest BCUT2D eigenvalue weighted by Crippen LogP contribution is -2.14. The summed E-state index contributed by atoms with van der Waals surface area (Å²) >= 11 is 0. The average Bonchev–Trinajstić information content (AvgIpc) is 2.87. The molecule has 0 heterocycles. The van der Waals surface area contributed by atoms with Crippen LogP contribution >= 0.6 is 0 Å². The number of amides is 1. The molecule has 4 aromatic carbocycles. The first kappa shape index (κ1) is 23.2. The molecule has 0 radical (unpaired) electrons. The van der Waals surface area contributed by atoms with Gasteiger partial charge in [0.2, 0.25) is 0 Å². The largest absolute Gasteiger partial charge is 0.489 e. The molecule has 0 spiro atoms. The number of nitrogens with one attached hydrogen (secondary N) is 1. The summed E-state index contributed by atoms with van der Waals surface area (Å²) in [6.45, 7) is 2.06. The molecule has 0 aliphatic rings. The monoisotopic (exact) mass is 463 g/mol. The van der Waals surface area contributed by atoms with Gasteiger partial charge < -0.3 is 10.1 Å². The Labute approximate surface area is 202 Å². The summed E-state index contributed by atoms with van der Waals surface area (Å²) in [5.74, 6) is 0.0697. The number of nitro benzene ring substituents is 1. The van der Waals surface area contributed by atoms with Crippen LogP contribution in [-0.2, 0) is 11.4 Å². The molecule has 0 unspecified atom stereocenters. The van der Waals surface area contributed by atoms with Gasteiger partial charge in [0.15, 0.2) is 0 Å². The van der Waals surface area contributed by atoms with Gasteiger partial charge in [-0.2, -0.15) is 5.26 Å². The lowest BCUT2D eigenvalue weighted by molar-refractivity contribution is -0.384. The van der Waals surface area contributed by atoms with Gasteiger partial charge in [0.05, 0.1) is 4.92 Å². The van der Waals surface area contributed by atoms with Crippen molar-refractivity contribution in [2.45, 2.75) is 13.5 Å².